The number of nitrogens with two attached hydrogens (primary N) is 1. The number of aromatic nitrogens is 3. The van der Waals surface area contributed by atoms with Crippen LogP contribution in [-0.2, 0) is 21.2 Å². The molecule has 0 unspecified atom stereocenters. The largest absolute Gasteiger partial charge is 0.497 e. The minimum atomic E-state index is -4.08. The summed E-state index contributed by atoms with van der Waals surface area (Å²) >= 11 is 0. The van der Waals surface area contributed by atoms with E-state index in [9.17, 15) is 17.6 Å². The van der Waals surface area contributed by atoms with Gasteiger partial charge in [0.2, 0.25) is 10.0 Å². The summed E-state index contributed by atoms with van der Waals surface area (Å²) in [7, 11) is -2.53. The number of sulfonamides is 1. The molecule has 1 aromatic heterocycles. The fourth-order valence-electron chi connectivity index (χ4n) is 2.70. The number of benzene rings is 2. The zero-order valence-corrected chi connectivity index (χ0v) is 17.0. The highest BCUT2D eigenvalue weighted by Crippen LogP contribution is 2.21. The first-order chi connectivity index (χ1) is 14.2. The third-order valence-electron chi connectivity index (χ3n) is 4.13. The standard InChI is InChI=1S/C19H19FN4O5S/c1-3-29-19(25)18-22-17(10-12-4-6-13(28-2)7-5-12)24(23-18)16-9-8-14(11-15(16)20)30(21,26)27/h4-9,11H,3,10H2,1-2H3,(H2,21,26,27). The van der Waals surface area contributed by atoms with Crippen LogP contribution < -0.4 is 9.88 Å². The molecular formula is C19H19FN4O5S. The van der Waals surface area contributed by atoms with Crippen LogP contribution in [0.2, 0.25) is 0 Å². The highest BCUT2D eigenvalue weighted by Gasteiger charge is 2.21. The summed E-state index contributed by atoms with van der Waals surface area (Å²) in [6.45, 7) is 1.76. The van der Waals surface area contributed by atoms with E-state index in [2.05, 4.69) is 10.1 Å². The molecule has 0 aliphatic carbocycles. The van der Waals surface area contributed by atoms with Crippen LogP contribution in [0.25, 0.3) is 5.69 Å². The van der Waals surface area contributed by atoms with Gasteiger partial charge in [0, 0.05) is 6.42 Å². The van der Waals surface area contributed by atoms with E-state index in [-0.39, 0.29) is 35.3 Å². The number of nitrogens with zero attached hydrogens (tertiary/aromatic N) is 3. The van der Waals surface area contributed by atoms with Crippen LogP contribution in [0.1, 0.15) is 28.9 Å². The first-order valence-electron chi connectivity index (χ1n) is 8.81. The van der Waals surface area contributed by atoms with Gasteiger partial charge in [-0.1, -0.05) is 12.1 Å². The summed E-state index contributed by atoms with van der Waals surface area (Å²) in [5.74, 6) is -0.968. The summed E-state index contributed by atoms with van der Waals surface area (Å²) in [4.78, 5) is 15.9. The number of rotatable bonds is 7. The second-order valence-electron chi connectivity index (χ2n) is 6.17. The third-order valence-corrected chi connectivity index (χ3v) is 5.04. The lowest BCUT2D eigenvalue weighted by molar-refractivity contribution is 0.0512. The van der Waals surface area contributed by atoms with Crippen LogP contribution >= 0.6 is 0 Å². The van der Waals surface area contributed by atoms with Gasteiger partial charge in [-0.15, -0.1) is 5.10 Å². The first kappa shape index (κ1) is 21.4. The Morgan fingerprint density at radius 3 is 2.47 bits per heavy atom. The highest BCUT2D eigenvalue weighted by atomic mass is 32.2. The topological polar surface area (TPSA) is 126 Å². The lowest BCUT2D eigenvalue weighted by atomic mass is 10.1. The molecule has 3 aromatic rings. The van der Waals surface area contributed by atoms with Gasteiger partial charge in [0.05, 0.1) is 18.6 Å². The molecule has 0 amide bonds. The Hall–Kier alpha value is -3.31. The molecule has 0 saturated carbocycles. The molecule has 158 valence electrons. The minimum absolute atomic E-state index is 0.0889. The Kier molecular flexibility index (Phi) is 6.13. The molecule has 9 nitrogen and oxygen atoms in total. The molecule has 0 fully saturated rings. The highest BCUT2D eigenvalue weighted by molar-refractivity contribution is 7.89. The summed E-state index contributed by atoms with van der Waals surface area (Å²) in [5, 5.41) is 9.11. The molecule has 0 spiro atoms. The predicted molar refractivity (Wildman–Crippen MR) is 104 cm³/mol. The van der Waals surface area contributed by atoms with Gasteiger partial charge in [-0.2, -0.15) is 0 Å². The Morgan fingerprint density at radius 1 is 1.20 bits per heavy atom. The SMILES string of the molecule is CCOC(=O)c1nc(Cc2ccc(OC)cc2)n(-c2ccc(S(N)(=O)=O)cc2F)n1. The number of methoxy groups -OCH3 is 1. The van der Waals surface area contributed by atoms with E-state index in [1.165, 1.54) is 6.07 Å². The number of carbonyl (C=O) groups excluding carboxylic acids is 1. The maximum absolute atomic E-state index is 14.7. The summed E-state index contributed by atoms with van der Waals surface area (Å²) in [6, 6.07) is 10.2. The maximum atomic E-state index is 14.7. The molecule has 0 aliphatic heterocycles. The number of carbonyl (C=O) groups is 1. The number of hydrogen-bond donors (Lipinski definition) is 1. The number of hydrogen-bond acceptors (Lipinski definition) is 7. The quantitative estimate of drug-likeness (QED) is 0.562. The van der Waals surface area contributed by atoms with Gasteiger partial charge in [-0.25, -0.2) is 32.4 Å². The first-order valence-corrected chi connectivity index (χ1v) is 10.4. The lowest BCUT2D eigenvalue weighted by Crippen LogP contribution is -2.13. The van der Waals surface area contributed by atoms with Crippen molar-refractivity contribution in [2.24, 2.45) is 5.14 Å². The molecule has 1 heterocycles. The van der Waals surface area contributed by atoms with E-state index in [0.717, 1.165) is 22.4 Å². The molecule has 30 heavy (non-hydrogen) atoms. The van der Waals surface area contributed by atoms with Gasteiger partial charge >= 0.3 is 5.97 Å². The summed E-state index contributed by atoms with van der Waals surface area (Å²) in [5.41, 5.74) is 0.718. The van der Waals surface area contributed by atoms with Crippen molar-refractivity contribution in [3.05, 3.63) is 65.5 Å². The second kappa shape index (κ2) is 8.59. The average molecular weight is 434 g/mol. The van der Waals surface area contributed by atoms with E-state index in [1.807, 2.05) is 0 Å². The van der Waals surface area contributed by atoms with E-state index in [0.29, 0.717) is 5.75 Å². The van der Waals surface area contributed by atoms with Crippen molar-refractivity contribution in [1.29, 1.82) is 0 Å². The molecule has 0 saturated heterocycles. The second-order valence-corrected chi connectivity index (χ2v) is 7.73. The fourth-order valence-corrected chi connectivity index (χ4v) is 3.22. The predicted octanol–water partition coefficient (Wildman–Crippen LogP) is 1.83. The number of primary sulfonamides is 1. The summed E-state index contributed by atoms with van der Waals surface area (Å²) in [6.07, 6.45) is 0.215. The molecule has 11 heteroatoms. The Labute approximate surface area is 172 Å². The zero-order valence-electron chi connectivity index (χ0n) is 16.2. The van der Waals surface area contributed by atoms with Gasteiger partial charge in [0.25, 0.3) is 5.82 Å². The van der Waals surface area contributed by atoms with E-state index in [4.69, 9.17) is 14.6 Å². The zero-order chi connectivity index (χ0) is 21.9. The van der Waals surface area contributed by atoms with Crippen molar-refractivity contribution >= 4 is 16.0 Å². The monoisotopic (exact) mass is 434 g/mol. The lowest BCUT2D eigenvalue weighted by Gasteiger charge is -2.09. The Morgan fingerprint density at radius 2 is 1.90 bits per heavy atom. The van der Waals surface area contributed by atoms with E-state index < -0.39 is 21.8 Å². The van der Waals surface area contributed by atoms with Gasteiger partial charge in [0.1, 0.15) is 23.1 Å². The molecule has 2 N–H and O–H groups in total. The number of ether oxygens (including phenoxy) is 2. The molecule has 2 aromatic carbocycles. The van der Waals surface area contributed by atoms with Crippen LogP contribution in [-0.4, -0.2) is 42.9 Å². The van der Waals surface area contributed by atoms with Crippen molar-refractivity contribution in [1.82, 2.24) is 14.8 Å². The van der Waals surface area contributed by atoms with Crippen LogP contribution in [0.5, 0.6) is 5.75 Å². The van der Waals surface area contributed by atoms with Crippen molar-refractivity contribution in [2.75, 3.05) is 13.7 Å². The van der Waals surface area contributed by atoms with Crippen LogP contribution in [0.3, 0.4) is 0 Å². The normalized spacial score (nSPS) is 11.3. The number of esters is 1. The maximum Gasteiger partial charge on any atom is 0.378 e. The van der Waals surface area contributed by atoms with Crippen molar-refractivity contribution in [3.8, 4) is 11.4 Å². The average Bonchev–Trinajstić information content (AvgIpc) is 3.11. The molecule has 0 radical (unpaired) electrons. The Bertz CT molecular complexity index is 1180. The van der Waals surface area contributed by atoms with Crippen LogP contribution in [0, 0.1) is 5.82 Å². The van der Waals surface area contributed by atoms with E-state index in [1.54, 1.807) is 38.3 Å². The molecular weight excluding hydrogens is 415 g/mol. The van der Waals surface area contributed by atoms with Gasteiger partial charge in [-0.05, 0) is 42.8 Å². The van der Waals surface area contributed by atoms with E-state index >= 15 is 0 Å². The van der Waals surface area contributed by atoms with Crippen molar-refractivity contribution in [2.45, 2.75) is 18.2 Å². The molecule has 3 rings (SSSR count). The van der Waals surface area contributed by atoms with Gasteiger partial charge < -0.3 is 9.47 Å². The van der Waals surface area contributed by atoms with Crippen LogP contribution in [0.15, 0.2) is 47.4 Å². The molecule has 0 aliphatic rings. The fraction of sp³-hybridized carbons (Fsp3) is 0.211. The molecule has 0 atom stereocenters. The smallest absolute Gasteiger partial charge is 0.378 e. The molecule has 0 bridgehead atoms. The minimum Gasteiger partial charge on any atom is -0.497 e. The van der Waals surface area contributed by atoms with Crippen LogP contribution in [0.4, 0.5) is 4.39 Å². The number of halogens is 1. The summed E-state index contributed by atoms with van der Waals surface area (Å²) < 4.78 is 48.8. The van der Waals surface area contributed by atoms with Crippen molar-refractivity contribution in [3.63, 3.8) is 0 Å². The Balaban J connectivity index is 2.06. The third kappa shape index (κ3) is 4.63. The van der Waals surface area contributed by atoms with Crippen molar-refractivity contribution < 1.29 is 27.1 Å². The van der Waals surface area contributed by atoms with Gasteiger partial charge in [0.15, 0.2) is 0 Å². The van der Waals surface area contributed by atoms with Gasteiger partial charge in [-0.3, -0.25) is 0 Å².